The summed E-state index contributed by atoms with van der Waals surface area (Å²) in [6, 6.07) is 115. The molecule has 11 nitrogen and oxygen atoms in total. The van der Waals surface area contributed by atoms with Crippen molar-refractivity contribution in [1.29, 1.82) is 0 Å². The van der Waals surface area contributed by atoms with Crippen LogP contribution in [0, 0.1) is 83.1 Å². The molecule has 0 amide bonds. The van der Waals surface area contributed by atoms with Gasteiger partial charge >= 0.3 is 0 Å². The van der Waals surface area contributed by atoms with E-state index in [-0.39, 0.29) is 0 Å². The Balaban J connectivity index is 0.0000000905. The lowest BCUT2D eigenvalue weighted by atomic mass is 9.86. The van der Waals surface area contributed by atoms with E-state index in [1.807, 2.05) is 6.20 Å². The third-order valence-electron chi connectivity index (χ3n) is 32.3. The highest BCUT2D eigenvalue weighted by molar-refractivity contribution is 7.12. The molecule has 0 N–H and O–H groups in total. The number of hydrogen-bond donors (Lipinski definition) is 0. The van der Waals surface area contributed by atoms with E-state index in [2.05, 4.69) is 426 Å². The number of pyridine rings is 6. The van der Waals surface area contributed by atoms with Gasteiger partial charge in [0.25, 0.3) is 0 Å². The zero-order valence-electron chi connectivity index (χ0n) is 81.3. The fourth-order valence-electron chi connectivity index (χ4n) is 26.4. The second-order valence-electron chi connectivity index (χ2n) is 40.7. The third-order valence-corrected chi connectivity index (χ3v) is 45.2. The van der Waals surface area contributed by atoms with Crippen LogP contribution in [0.1, 0.15) is 107 Å². The van der Waals surface area contributed by atoms with E-state index in [9.17, 15) is 0 Å². The van der Waals surface area contributed by atoms with Crippen molar-refractivity contribution in [1.82, 2.24) is 51.9 Å². The van der Waals surface area contributed by atoms with Crippen LogP contribution in [0.4, 0.5) is 0 Å². The molecule has 0 aliphatic carbocycles. The van der Waals surface area contributed by atoms with Crippen LogP contribution >= 0.6 is 0 Å². The predicted molar refractivity (Wildman–Crippen MR) is 589 cm³/mol. The Bertz CT molecular complexity index is 9520. The van der Waals surface area contributed by atoms with Gasteiger partial charge in [-0.15, -0.1) is 0 Å². The van der Waals surface area contributed by atoms with Gasteiger partial charge < -0.3 is 0 Å². The molecule has 14 heteroatoms. The molecule has 5 aliphatic rings. The number of rotatable bonds is 5. The number of imidazole rings is 5. The van der Waals surface area contributed by atoms with Gasteiger partial charge in [-0.1, -0.05) is 310 Å². The molecular formula is C125H107N11Si3. The zero-order valence-corrected chi connectivity index (χ0v) is 84.3. The van der Waals surface area contributed by atoms with Crippen molar-refractivity contribution in [3.8, 4) is 11.1 Å². The first-order chi connectivity index (χ1) is 67.7. The van der Waals surface area contributed by atoms with Crippen LogP contribution < -0.4 is 36.6 Å². The Morgan fingerprint density at radius 2 is 0.604 bits per heavy atom. The minimum absolute atomic E-state index is 1.01. The van der Waals surface area contributed by atoms with E-state index < -0.39 is 24.2 Å². The van der Waals surface area contributed by atoms with Gasteiger partial charge in [0.05, 0.1) is 61.7 Å². The number of aromatic nitrogens is 11. The highest BCUT2D eigenvalue weighted by atomic mass is 28.3. The molecule has 0 saturated carbocycles. The summed E-state index contributed by atoms with van der Waals surface area (Å²) in [6.45, 7) is 31.5. The summed E-state index contributed by atoms with van der Waals surface area (Å²) in [5, 5.41) is 30.0. The highest BCUT2D eigenvalue weighted by Gasteiger charge is 2.49. The van der Waals surface area contributed by atoms with Gasteiger partial charge in [-0.2, -0.15) is 0 Å². The maximum absolute atomic E-state index is 5.27. The molecule has 5 aliphatic heterocycles. The van der Waals surface area contributed by atoms with Crippen molar-refractivity contribution in [2.75, 3.05) is 0 Å². The van der Waals surface area contributed by atoms with Crippen molar-refractivity contribution < 1.29 is 0 Å². The number of fused-ring (bicyclic) bond motifs is 15. The van der Waals surface area contributed by atoms with E-state index in [0.717, 1.165) is 77.4 Å². The third kappa shape index (κ3) is 12.1. The topological polar surface area (TPSA) is 99.4 Å². The summed E-state index contributed by atoms with van der Waals surface area (Å²) in [6.07, 6.45) is 6.20. The molecule has 30 rings (SSSR count). The quantitative estimate of drug-likeness (QED) is 0.126. The van der Waals surface area contributed by atoms with Crippen LogP contribution in [0.2, 0.25) is 13.1 Å². The summed E-state index contributed by atoms with van der Waals surface area (Å²) >= 11 is 0. The molecule has 0 saturated heterocycles. The van der Waals surface area contributed by atoms with Gasteiger partial charge in [0, 0.05) is 87.8 Å². The zero-order chi connectivity index (χ0) is 94.2. The molecule has 25 aromatic rings. The second kappa shape index (κ2) is 31.5. The average molecular weight is 1850 g/mol. The van der Waals surface area contributed by atoms with Gasteiger partial charge in [0.1, 0.15) is 36.3 Å². The molecular weight excluding hydrogens is 1740 g/mol. The summed E-state index contributed by atoms with van der Waals surface area (Å²) in [4.78, 5) is 30.0. The van der Waals surface area contributed by atoms with Crippen molar-refractivity contribution in [2.24, 2.45) is 0 Å². The first-order valence-electron chi connectivity index (χ1n) is 49.5. The minimum atomic E-state index is -2.36. The molecule has 14 aromatic carbocycles. The molecule has 0 atom stereocenters. The van der Waals surface area contributed by atoms with Crippen LogP contribution in [0.25, 0.3) is 148 Å². The van der Waals surface area contributed by atoms with Gasteiger partial charge in [0.15, 0.2) is 16.1 Å². The Morgan fingerprint density at radius 3 is 1.08 bits per heavy atom. The maximum Gasteiger partial charge on any atom is 0.176 e. The standard InChI is InChI=1S/2C30H24N2Si.C27H24N2.C20H20N2Si.C18H15N3/c1-20-17-18-22-19-33(23-11-5-3-6-12-23,24-13-7-4-8-14-24)30-21(2)31-29-26-16-10-9-15-25(26)27(20)28(22)32(29)30;1-20-17-18-27-29-28(20)24-15-9-10-16-25(24)30-31-21(2)26(32(29)30)19-33(27,22-11-5-3-6-12-22)23-13-7-4-8-14-23;1-15-8-7-9-16(2)24(15)22-14-19-12-13-23-18(4)28-27-21-11-6-5-10-20(21)25(17(22)3)26(19)29(23)27;1-12-9-10-14-11-23(3,4)20-13(2)21-19-16-8-6-5-7-15(16)17(12)18(14)22(19)20;1-10-9-19-14-7-8-15-11(2)20-18-13-6-4-3-5-12(13)16(10)17(14)21(15)18/h2*3-18H,19H2,1-2H3;5-11,14H,12-13H2,1-4H3;5-10H,11H2,1-4H3;3-6,9H,7-8H2,1-2H3. The normalized spacial score (nSPS) is 14.4. The summed E-state index contributed by atoms with van der Waals surface area (Å²) in [5.41, 5.74) is 40.0. The van der Waals surface area contributed by atoms with E-state index in [4.69, 9.17) is 24.9 Å². The largest absolute Gasteiger partial charge is 0.300 e. The highest BCUT2D eigenvalue weighted by Crippen LogP contribution is 2.47. The first kappa shape index (κ1) is 84.4. The van der Waals surface area contributed by atoms with E-state index >= 15 is 0 Å². The van der Waals surface area contributed by atoms with Crippen molar-refractivity contribution in [3.63, 3.8) is 0 Å². The lowest BCUT2D eigenvalue weighted by molar-refractivity contribution is 0.835. The monoisotopic (exact) mass is 1850 g/mol. The SMILES string of the molecule is Cc1cccc(C)c1-c1cc2c3c(c1C)c1ccccc1c1nc(C)c(n13)CC2.Cc1nc2c3ccccc3c3c(C)ccc4c3n2c1C[Si]4(c1ccccc1)c1ccccc1.Cc1nc2c3ccccc3c3c(C)ccc4c3n2c1[Si](C)(C)C4.Cc1nc2c3ccccc3c3c(C)ccc4c3n2c1[Si](c1ccccc1)(c1ccccc1)C4.Cc1nc2c3ccccc3c3c(C)cnc4c3n2c1CC4. The molecule has 0 bridgehead atoms. The van der Waals surface area contributed by atoms with Crippen molar-refractivity contribution in [2.45, 2.75) is 140 Å². The Kier molecular flexibility index (Phi) is 19.1. The Hall–Kier alpha value is -15.1. The van der Waals surface area contributed by atoms with Crippen LogP contribution in [0.5, 0.6) is 0 Å². The molecule has 674 valence electrons. The lowest BCUT2D eigenvalue weighted by Gasteiger charge is -2.38. The van der Waals surface area contributed by atoms with Gasteiger partial charge in [0.2, 0.25) is 0 Å². The molecule has 0 unspecified atom stereocenters. The van der Waals surface area contributed by atoms with Gasteiger partial charge in [-0.05, 0) is 253 Å². The van der Waals surface area contributed by atoms with Crippen molar-refractivity contribution >= 4 is 197 Å². The molecule has 16 heterocycles. The number of hydrogen-bond acceptors (Lipinski definition) is 6. The van der Waals surface area contributed by atoms with Gasteiger partial charge in [-0.25, -0.2) is 24.9 Å². The summed E-state index contributed by atoms with van der Waals surface area (Å²) < 4.78 is 12.3. The molecule has 139 heavy (non-hydrogen) atoms. The summed E-state index contributed by atoms with van der Waals surface area (Å²) in [5.74, 6) is 0. The fraction of sp³-hybridized carbons (Fsp3) is 0.168. The van der Waals surface area contributed by atoms with Gasteiger partial charge in [-0.3, -0.25) is 27.0 Å². The molecule has 0 fully saturated rings. The molecule has 11 aromatic heterocycles. The van der Waals surface area contributed by atoms with Crippen molar-refractivity contribution in [3.05, 3.63) is 416 Å². The summed E-state index contributed by atoms with van der Waals surface area (Å²) in [7, 11) is -6.20. The number of benzene rings is 14. The molecule has 0 spiro atoms. The Morgan fingerprint density at radius 1 is 0.252 bits per heavy atom. The predicted octanol–water partition coefficient (Wildman–Crippen LogP) is 24.3. The van der Waals surface area contributed by atoms with E-state index in [1.165, 1.54) is 258 Å². The first-order valence-corrected chi connectivity index (χ1v) is 57.1. The molecule has 0 radical (unpaired) electrons. The maximum atomic E-state index is 5.27. The number of nitrogens with zero attached hydrogens (tertiary/aromatic N) is 11. The smallest absolute Gasteiger partial charge is 0.176 e. The minimum Gasteiger partial charge on any atom is -0.300 e. The second-order valence-corrected chi connectivity index (χ2v) is 53.0. The van der Waals surface area contributed by atoms with E-state index in [1.54, 1.807) is 0 Å². The van der Waals surface area contributed by atoms with Crippen LogP contribution in [0.15, 0.2) is 310 Å². The van der Waals surface area contributed by atoms with Crippen LogP contribution in [0.3, 0.4) is 0 Å². The fourth-order valence-corrected chi connectivity index (χ4v) is 39.8. The number of aryl methyl sites for hydroxylation is 16. The average Bonchev–Trinajstić information content (AvgIpc) is 1.57. The van der Waals surface area contributed by atoms with Crippen LogP contribution in [-0.4, -0.2) is 76.1 Å². The lowest BCUT2D eigenvalue weighted by Crippen LogP contribution is -2.71. The van der Waals surface area contributed by atoms with E-state index in [0.29, 0.717) is 0 Å². The Labute approximate surface area is 810 Å². The van der Waals surface area contributed by atoms with Crippen LogP contribution in [-0.2, 0) is 43.8 Å².